The number of nitrogens with zero attached hydrogens (tertiary/aromatic N) is 4. The summed E-state index contributed by atoms with van der Waals surface area (Å²) < 4.78 is 5.61. The van der Waals surface area contributed by atoms with Crippen LogP contribution in [0.2, 0.25) is 0 Å². The van der Waals surface area contributed by atoms with Crippen molar-refractivity contribution in [3.63, 3.8) is 0 Å². The fourth-order valence-corrected chi connectivity index (χ4v) is 3.28. The lowest BCUT2D eigenvalue weighted by atomic mass is 10.2. The summed E-state index contributed by atoms with van der Waals surface area (Å²) in [5.41, 5.74) is 2.99. The predicted octanol–water partition coefficient (Wildman–Crippen LogP) is 2.26. The van der Waals surface area contributed by atoms with Crippen molar-refractivity contribution in [2.24, 2.45) is 0 Å². The van der Waals surface area contributed by atoms with E-state index in [1.54, 1.807) is 13.4 Å². The number of hydrogen-bond acceptors (Lipinski definition) is 5. The zero-order valence-electron chi connectivity index (χ0n) is 13.5. The van der Waals surface area contributed by atoms with Crippen LogP contribution < -0.4 is 4.90 Å². The molecule has 3 aromatic heterocycles. The van der Waals surface area contributed by atoms with Gasteiger partial charge in [0.1, 0.15) is 23.6 Å². The summed E-state index contributed by atoms with van der Waals surface area (Å²) in [5.74, 6) is 1.90. The average molecular weight is 312 g/mol. The molecule has 0 saturated carbocycles. The number of aromatic nitrogens is 5. The average Bonchev–Trinajstić information content (AvgIpc) is 3.25. The number of ether oxygens (including phenoxy) is 1. The molecule has 1 aliphatic heterocycles. The van der Waals surface area contributed by atoms with Crippen LogP contribution in [0.25, 0.3) is 11.0 Å². The first-order valence-electron chi connectivity index (χ1n) is 7.78. The number of nitrogens with one attached hydrogen (secondary N) is 2. The first-order valence-corrected chi connectivity index (χ1v) is 7.78. The van der Waals surface area contributed by atoms with Crippen LogP contribution in [-0.2, 0) is 4.74 Å². The fourth-order valence-electron chi connectivity index (χ4n) is 3.28. The maximum atomic E-state index is 5.61. The van der Waals surface area contributed by atoms with E-state index in [9.17, 15) is 0 Å². The molecular formula is C16H20N6O. The Morgan fingerprint density at radius 2 is 2.17 bits per heavy atom. The minimum Gasteiger partial charge on any atom is -0.380 e. The summed E-state index contributed by atoms with van der Waals surface area (Å²) in [6, 6.07) is 2.14. The third-order valence-corrected chi connectivity index (χ3v) is 4.66. The second kappa shape index (κ2) is 5.34. The Bertz CT molecular complexity index is 819. The lowest BCUT2D eigenvalue weighted by molar-refractivity contribution is 0.118. The Hall–Kier alpha value is -2.41. The van der Waals surface area contributed by atoms with Crippen molar-refractivity contribution in [3.05, 3.63) is 35.8 Å². The molecule has 1 saturated heterocycles. The quantitative estimate of drug-likeness (QED) is 0.775. The Labute approximate surface area is 134 Å². The van der Waals surface area contributed by atoms with Crippen molar-refractivity contribution in [1.82, 2.24) is 24.9 Å². The molecule has 3 aromatic rings. The van der Waals surface area contributed by atoms with Crippen molar-refractivity contribution in [3.8, 4) is 0 Å². The molecule has 0 aliphatic carbocycles. The van der Waals surface area contributed by atoms with E-state index >= 15 is 0 Å². The summed E-state index contributed by atoms with van der Waals surface area (Å²) in [6.45, 7) is 4.86. The van der Waals surface area contributed by atoms with Gasteiger partial charge in [0, 0.05) is 32.0 Å². The molecule has 120 valence electrons. The predicted molar refractivity (Wildman–Crippen MR) is 87.5 cm³/mol. The van der Waals surface area contributed by atoms with Crippen LogP contribution in [0.4, 0.5) is 5.82 Å². The van der Waals surface area contributed by atoms with Gasteiger partial charge >= 0.3 is 0 Å². The largest absolute Gasteiger partial charge is 0.380 e. The van der Waals surface area contributed by atoms with E-state index in [1.165, 1.54) is 0 Å². The maximum absolute atomic E-state index is 5.61. The lowest BCUT2D eigenvalue weighted by Crippen LogP contribution is -2.26. The first-order chi connectivity index (χ1) is 11.2. The first kappa shape index (κ1) is 14.2. The topological polar surface area (TPSA) is 82.7 Å². The number of aromatic amines is 2. The molecule has 1 aliphatic rings. The maximum Gasteiger partial charge on any atom is 0.142 e. The van der Waals surface area contributed by atoms with Gasteiger partial charge in [-0.15, -0.1) is 0 Å². The van der Waals surface area contributed by atoms with Crippen LogP contribution in [0, 0.1) is 13.8 Å². The molecule has 0 radical (unpaired) electrons. The monoisotopic (exact) mass is 312 g/mol. The summed E-state index contributed by atoms with van der Waals surface area (Å²) in [6.07, 6.45) is 4.54. The third-order valence-electron chi connectivity index (χ3n) is 4.66. The van der Waals surface area contributed by atoms with Gasteiger partial charge in [-0.25, -0.2) is 15.0 Å². The minimum absolute atomic E-state index is 0.125. The Balaban J connectivity index is 1.79. The highest BCUT2D eigenvalue weighted by Crippen LogP contribution is 2.37. The van der Waals surface area contributed by atoms with Crippen LogP contribution in [0.3, 0.4) is 0 Å². The smallest absolute Gasteiger partial charge is 0.142 e. The molecule has 7 nitrogen and oxygen atoms in total. The van der Waals surface area contributed by atoms with Gasteiger partial charge in [0.05, 0.1) is 23.2 Å². The number of methoxy groups -OCH3 is 1. The van der Waals surface area contributed by atoms with E-state index in [0.29, 0.717) is 0 Å². The van der Waals surface area contributed by atoms with Crippen LogP contribution in [-0.4, -0.2) is 44.7 Å². The van der Waals surface area contributed by atoms with Gasteiger partial charge in [-0.2, -0.15) is 0 Å². The standard InChI is InChI=1S/C16H20N6O/c1-9-10(2)21-15(20-9)13-6-11(23-3)7-22(13)16-12-4-5-17-14(12)18-8-19-16/h4-5,8,11,13H,6-7H2,1-3H3,(H,20,21)(H,17,18,19)/t11-,13+/m1/s1. The molecule has 1 fully saturated rings. The van der Waals surface area contributed by atoms with E-state index in [4.69, 9.17) is 9.72 Å². The second-order valence-electron chi connectivity index (χ2n) is 6.03. The second-order valence-corrected chi connectivity index (χ2v) is 6.03. The molecule has 0 bridgehead atoms. The zero-order valence-corrected chi connectivity index (χ0v) is 13.5. The van der Waals surface area contributed by atoms with Crippen molar-refractivity contribution in [2.45, 2.75) is 32.4 Å². The van der Waals surface area contributed by atoms with Gasteiger partial charge in [-0.05, 0) is 19.9 Å². The molecule has 23 heavy (non-hydrogen) atoms. The third kappa shape index (κ3) is 2.28. The van der Waals surface area contributed by atoms with E-state index in [-0.39, 0.29) is 12.1 Å². The van der Waals surface area contributed by atoms with Crippen molar-refractivity contribution in [2.75, 3.05) is 18.6 Å². The van der Waals surface area contributed by atoms with Gasteiger partial charge in [0.15, 0.2) is 0 Å². The molecule has 2 atom stereocenters. The van der Waals surface area contributed by atoms with Crippen LogP contribution in [0.15, 0.2) is 18.6 Å². The minimum atomic E-state index is 0.125. The van der Waals surface area contributed by atoms with E-state index in [1.807, 2.05) is 26.1 Å². The highest BCUT2D eigenvalue weighted by atomic mass is 16.5. The summed E-state index contributed by atoms with van der Waals surface area (Å²) in [4.78, 5) is 22.3. The number of fused-ring (bicyclic) bond motifs is 1. The number of hydrogen-bond donors (Lipinski definition) is 2. The Morgan fingerprint density at radius 1 is 1.30 bits per heavy atom. The number of aryl methyl sites for hydroxylation is 2. The number of rotatable bonds is 3. The van der Waals surface area contributed by atoms with Crippen LogP contribution in [0.5, 0.6) is 0 Å². The van der Waals surface area contributed by atoms with Gasteiger partial charge < -0.3 is 19.6 Å². The summed E-state index contributed by atoms with van der Waals surface area (Å²) >= 11 is 0. The molecule has 0 spiro atoms. The Morgan fingerprint density at radius 3 is 2.91 bits per heavy atom. The Kier molecular flexibility index (Phi) is 3.30. The highest BCUT2D eigenvalue weighted by Gasteiger charge is 2.37. The highest BCUT2D eigenvalue weighted by molar-refractivity contribution is 5.87. The van der Waals surface area contributed by atoms with E-state index in [2.05, 4.69) is 24.8 Å². The number of imidazole rings is 1. The molecule has 0 unspecified atom stereocenters. The van der Waals surface area contributed by atoms with Gasteiger partial charge in [0.2, 0.25) is 0 Å². The molecule has 7 heteroatoms. The molecule has 2 N–H and O–H groups in total. The van der Waals surface area contributed by atoms with Crippen molar-refractivity contribution >= 4 is 16.9 Å². The normalized spacial score (nSPS) is 21.4. The molecular weight excluding hydrogens is 292 g/mol. The van der Waals surface area contributed by atoms with E-state index < -0.39 is 0 Å². The van der Waals surface area contributed by atoms with Crippen LogP contribution >= 0.6 is 0 Å². The van der Waals surface area contributed by atoms with Gasteiger partial charge in [-0.3, -0.25) is 0 Å². The summed E-state index contributed by atoms with van der Waals surface area (Å²) in [7, 11) is 1.76. The van der Waals surface area contributed by atoms with Crippen molar-refractivity contribution in [1.29, 1.82) is 0 Å². The van der Waals surface area contributed by atoms with Crippen molar-refractivity contribution < 1.29 is 4.74 Å². The zero-order chi connectivity index (χ0) is 16.0. The molecule has 4 heterocycles. The number of H-pyrrole nitrogens is 2. The SMILES string of the molecule is CO[C@@H]1C[C@@H](c2nc(C)c(C)[nH]2)N(c2ncnc3[nH]ccc23)C1. The van der Waals surface area contributed by atoms with E-state index in [0.717, 1.165) is 47.0 Å². The molecule has 0 aromatic carbocycles. The number of anilines is 1. The van der Waals surface area contributed by atoms with Crippen LogP contribution in [0.1, 0.15) is 29.7 Å². The lowest BCUT2D eigenvalue weighted by Gasteiger charge is -2.24. The molecule has 4 rings (SSSR count). The molecule has 0 amide bonds. The van der Waals surface area contributed by atoms with Gasteiger partial charge in [0.25, 0.3) is 0 Å². The fraction of sp³-hybridized carbons (Fsp3) is 0.438. The van der Waals surface area contributed by atoms with Gasteiger partial charge in [-0.1, -0.05) is 0 Å². The summed E-state index contributed by atoms with van der Waals surface area (Å²) in [5, 5.41) is 1.02.